The number of benzene rings is 1. The van der Waals surface area contributed by atoms with Gasteiger partial charge in [0.25, 0.3) is 5.91 Å². The zero-order chi connectivity index (χ0) is 16.4. The third-order valence-corrected chi connectivity index (χ3v) is 4.50. The Kier molecular flexibility index (Phi) is 4.47. The number of halogens is 1. The Morgan fingerprint density at radius 1 is 1.22 bits per heavy atom. The van der Waals surface area contributed by atoms with Crippen LogP contribution in [0.1, 0.15) is 29.8 Å². The van der Waals surface area contributed by atoms with Crippen LogP contribution in [0.2, 0.25) is 0 Å². The number of aliphatic carboxylic acids is 1. The highest BCUT2D eigenvalue weighted by molar-refractivity contribution is 9.10. The lowest BCUT2D eigenvalue weighted by Crippen LogP contribution is -2.48. The Labute approximate surface area is 141 Å². The number of carboxylic acids is 1. The average molecular weight is 378 g/mol. The highest BCUT2D eigenvalue weighted by Gasteiger charge is 2.33. The molecule has 2 heterocycles. The van der Waals surface area contributed by atoms with Crippen LogP contribution in [0.25, 0.3) is 5.69 Å². The fourth-order valence-corrected chi connectivity index (χ4v) is 3.03. The molecule has 1 aliphatic rings. The highest BCUT2D eigenvalue weighted by Crippen LogP contribution is 2.20. The molecule has 1 saturated heterocycles. The molecule has 1 unspecified atom stereocenters. The molecular weight excluding hydrogens is 362 g/mol. The van der Waals surface area contributed by atoms with E-state index in [1.54, 1.807) is 17.1 Å². The first-order valence-electron chi connectivity index (χ1n) is 7.40. The Morgan fingerprint density at radius 3 is 2.65 bits per heavy atom. The number of aromatic nitrogens is 2. The number of carbonyl (C=O) groups excluding carboxylic acids is 1. The molecule has 0 radical (unpaired) electrons. The van der Waals surface area contributed by atoms with E-state index in [-0.39, 0.29) is 11.6 Å². The summed E-state index contributed by atoms with van der Waals surface area (Å²) in [6, 6.07) is 6.86. The van der Waals surface area contributed by atoms with Crippen LogP contribution in [-0.2, 0) is 4.79 Å². The van der Waals surface area contributed by atoms with E-state index in [1.165, 1.54) is 4.90 Å². The van der Waals surface area contributed by atoms with Gasteiger partial charge in [0.05, 0.1) is 0 Å². The molecule has 7 heteroatoms. The molecule has 120 valence electrons. The zero-order valence-corrected chi connectivity index (χ0v) is 13.9. The summed E-state index contributed by atoms with van der Waals surface area (Å²) in [5.74, 6) is -1.28. The van der Waals surface area contributed by atoms with E-state index in [0.29, 0.717) is 13.0 Å². The number of amides is 1. The maximum Gasteiger partial charge on any atom is 0.326 e. The maximum absolute atomic E-state index is 12.6. The predicted octanol–water partition coefficient (Wildman–Crippen LogP) is 2.71. The summed E-state index contributed by atoms with van der Waals surface area (Å²) in [6.07, 6.45) is 5.35. The quantitative estimate of drug-likeness (QED) is 0.891. The Balaban J connectivity index is 1.83. The van der Waals surface area contributed by atoms with Crippen molar-refractivity contribution in [3.05, 3.63) is 47.0 Å². The van der Waals surface area contributed by atoms with Gasteiger partial charge in [-0.25, -0.2) is 9.78 Å². The lowest BCUT2D eigenvalue weighted by molar-refractivity contribution is -0.143. The number of carboxylic acid groups (broad SMARTS) is 1. The summed E-state index contributed by atoms with van der Waals surface area (Å²) in [4.78, 5) is 29.5. The number of rotatable bonds is 3. The van der Waals surface area contributed by atoms with Crippen molar-refractivity contribution in [3.63, 3.8) is 0 Å². The van der Waals surface area contributed by atoms with Crippen molar-refractivity contribution in [2.75, 3.05) is 6.54 Å². The van der Waals surface area contributed by atoms with E-state index in [9.17, 15) is 14.7 Å². The first-order valence-corrected chi connectivity index (χ1v) is 8.19. The highest BCUT2D eigenvalue weighted by atomic mass is 79.9. The van der Waals surface area contributed by atoms with Crippen molar-refractivity contribution in [1.82, 2.24) is 14.5 Å². The molecule has 2 aromatic rings. The van der Waals surface area contributed by atoms with Crippen molar-refractivity contribution in [1.29, 1.82) is 0 Å². The molecule has 0 aliphatic carbocycles. The van der Waals surface area contributed by atoms with Crippen molar-refractivity contribution >= 4 is 27.8 Å². The van der Waals surface area contributed by atoms with Gasteiger partial charge in [-0.1, -0.05) is 15.9 Å². The van der Waals surface area contributed by atoms with Crippen LogP contribution in [0, 0.1) is 0 Å². The number of carbonyl (C=O) groups is 2. The third-order valence-electron chi connectivity index (χ3n) is 3.98. The molecule has 0 bridgehead atoms. The molecule has 6 nitrogen and oxygen atoms in total. The topological polar surface area (TPSA) is 75.4 Å². The summed E-state index contributed by atoms with van der Waals surface area (Å²) >= 11 is 3.38. The standard InChI is InChI=1S/C16H16BrN3O3/c17-11-4-6-12(7-5-11)19-9-13(18-10-19)15(21)20-8-2-1-3-14(20)16(22)23/h4-7,9-10,14H,1-3,8H2,(H,22,23). The van der Waals surface area contributed by atoms with E-state index >= 15 is 0 Å². The summed E-state index contributed by atoms with van der Waals surface area (Å²) in [5, 5.41) is 9.29. The molecule has 1 N–H and O–H groups in total. The normalized spacial score (nSPS) is 18.0. The minimum Gasteiger partial charge on any atom is -0.480 e. The van der Waals surface area contributed by atoms with Gasteiger partial charge >= 0.3 is 5.97 Å². The second-order valence-electron chi connectivity index (χ2n) is 5.49. The molecular formula is C16H16BrN3O3. The summed E-state index contributed by atoms with van der Waals surface area (Å²) in [5.41, 5.74) is 1.15. The van der Waals surface area contributed by atoms with Gasteiger partial charge in [-0.05, 0) is 43.5 Å². The monoisotopic (exact) mass is 377 g/mol. The lowest BCUT2D eigenvalue weighted by atomic mass is 10.0. The molecule has 1 amide bonds. The minimum absolute atomic E-state index is 0.265. The molecule has 1 aromatic heterocycles. The smallest absolute Gasteiger partial charge is 0.326 e. The van der Waals surface area contributed by atoms with E-state index in [1.807, 2.05) is 24.3 Å². The maximum atomic E-state index is 12.6. The third kappa shape index (κ3) is 3.29. The van der Waals surface area contributed by atoms with Crippen LogP contribution in [-0.4, -0.2) is 44.0 Å². The van der Waals surface area contributed by atoms with Crippen molar-refractivity contribution in [2.45, 2.75) is 25.3 Å². The van der Waals surface area contributed by atoms with Crippen LogP contribution in [0.4, 0.5) is 0 Å². The van der Waals surface area contributed by atoms with E-state index in [2.05, 4.69) is 20.9 Å². The van der Waals surface area contributed by atoms with Gasteiger partial charge in [0.2, 0.25) is 0 Å². The molecule has 1 aromatic carbocycles. The first-order chi connectivity index (χ1) is 11.1. The number of hydrogen-bond donors (Lipinski definition) is 1. The van der Waals surface area contributed by atoms with E-state index in [4.69, 9.17) is 0 Å². The van der Waals surface area contributed by atoms with E-state index in [0.717, 1.165) is 23.0 Å². The van der Waals surface area contributed by atoms with Crippen LogP contribution in [0.3, 0.4) is 0 Å². The fraction of sp³-hybridized carbons (Fsp3) is 0.312. The van der Waals surface area contributed by atoms with Crippen molar-refractivity contribution in [3.8, 4) is 5.69 Å². The molecule has 0 spiro atoms. The largest absolute Gasteiger partial charge is 0.480 e. The molecule has 3 rings (SSSR count). The number of nitrogens with zero attached hydrogens (tertiary/aromatic N) is 3. The van der Waals surface area contributed by atoms with Gasteiger partial charge in [-0.15, -0.1) is 0 Å². The number of imidazole rings is 1. The number of likely N-dealkylation sites (tertiary alicyclic amines) is 1. The first kappa shape index (κ1) is 15.7. The van der Waals surface area contributed by atoms with Crippen molar-refractivity contribution in [2.24, 2.45) is 0 Å². The van der Waals surface area contributed by atoms with Gasteiger partial charge in [-0.3, -0.25) is 4.79 Å². The van der Waals surface area contributed by atoms with Crippen LogP contribution in [0.5, 0.6) is 0 Å². The molecule has 1 fully saturated rings. The Hall–Kier alpha value is -2.15. The minimum atomic E-state index is -0.953. The van der Waals surface area contributed by atoms with Gasteiger partial charge in [-0.2, -0.15) is 0 Å². The van der Waals surface area contributed by atoms with Crippen LogP contribution < -0.4 is 0 Å². The number of hydrogen-bond acceptors (Lipinski definition) is 3. The molecule has 1 atom stereocenters. The predicted molar refractivity (Wildman–Crippen MR) is 87.6 cm³/mol. The van der Waals surface area contributed by atoms with Crippen LogP contribution >= 0.6 is 15.9 Å². The lowest BCUT2D eigenvalue weighted by Gasteiger charge is -2.32. The molecule has 0 saturated carbocycles. The fourth-order valence-electron chi connectivity index (χ4n) is 2.77. The zero-order valence-electron chi connectivity index (χ0n) is 12.4. The van der Waals surface area contributed by atoms with Gasteiger partial charge < -0.3 is 14.6 Å². The summed E-state index contributed by atoms with van der Waals surface area (Å²) < 4.78 is 2.72. The second kappa shape index (κ2) is 6.54. The van der Waals surface area contributed by atoms with Gasteiger partial charge in [0, 0.05) is 22.9 Å². The molecule has 23 heavy (non-hydrogen) atoms. The average Bonchev–Trinajstić information content (AvgIpc) is 3.04. The Morgan fingerprint density at radius 2 is 1.96 bits per heavy atom. The Bertz CT molecular complexity index is 726. The van der Waals surface area contributed by atoms with Crippen LogP contribution in [0.15, 0.2) is 41.3 Å². The second-order valence-corrected chi connectivity index (χ2v) is 6.41. The number of piperidine rings is 1. The molecule has 1 aliphatic heterocycles. The van der Waals surface area contributed by atoms with Gasteiger partial charge in [0.15, 0.2) is 0 Å². The summed E-state index contributed by atoms with van der Waals surface area (Å²) in [7, 11) is 0. The summed E-state index contributed by atoms with van der Waals surface area (Å²) in [6.45, 7) is 0.459. The van der Waals surface area contributed by atoms with E-state index < -0.39 is 12.0 Å². The van der Waals surface area contributed by atoms with Crippen molar-refractivity contribution < 1.29 is 14.7 Å². The SMILES string of the molecule is O=C(O)C1CCCCN1C(=O)c1cn(-c2ccc(Br)cc2)cn1. The van der Waals surface area contributed by atoms with Gasteiger partial charge in [0.1, 0.15) is 18.1 Å².